The van der Waals surface area contributed by atoms with Crippen LogP contribution in [0.1, 0.15) is 29.6 Å². The summed E-state index contributed by atoms with van der Waals surface area (Å²) in [7, 11) is -3.69. The number of fused-ring (bicyclic) bond motifs is 1. The van der Waals surface area contributed by atoms with Crippen molar-refractivity contribution in [1.29, 1.82) is 0 Å². The molecule has 1 saturated heterocycles. The van der Waals surface area contributed by atoms with Crippen molar-refractivity contribution in [3.05, 3.63) is 114 Å². The fraction of sp³-hybridized carbons (Fsp3) is 0.152. The molecule has 1 amide bonds. The third kappa shape index (κ3) is 5.61. The molecule has 0 atom stereocenters. The van der Waals surface area contributed by atoms with Crippen molar-refractivity contribution in [1.82, 2.24) is 9.29 Å². The van der Waals surface area contributed by atoms with Gasteiger partial charge in [0.25, 0.3) is 5.91 Å². The van der Waals surface area contributed by atoms with Gasteiger partial charge in [-0.05, 0) is 54.3 Å². The zero-order chi connectivity index (χ0) is 28.4. The highest BCUT2D eigenvalue weighted by Crippen LogP contribution is 2.31. The van der Waals surface area contributed by atoms with Crippen molar-refractivity contribution in [3.63, 3.8) is 0 Å². The molecule has 1 aliphatic heterocycles. The number of halogens is 1. The van der Waals surface area contributed by atoms with Gasteiger partial charge in [-0.25, -0.2) is 13.4 Å². The number of hydrogen-bond acceptors (Lipinski definition) is 4. The van der Waals surface area contributed by atoms with Crippen molar-refractivity contribution in [3.8, 4) is 22.4 Å². The molecule has 1 N–H and O–H groups in total. The van der Waals surface area contributed by atoms with E-state index in [1.54, 1.807) is 6.07 Å². The van der Waals surface area contributed by atoms with Crippen molar-refractivity contribution in [2.75, 3.05) is 18.4 Å². The van der Waals surface area contributed by atoms with E-state index in [0.717, 1.165) is 36.0 Å². The molecule has 6 rings (SSSR count). The molecule has 5 aromatic rings. The summed E-state index contributed by atoms with van der Waals surface area (Å²) in [6.45, 7) is 0.982. The Morgan fingerprint density at radius 3 is 2.17 bits per heavy atom. The van der Waals surface area contributed by atoms with Crippen molar-refractivity contribution < 1.29 is 13.2 Å². The molecule has 1 aliphatic rings. The van der Waals surface area contributed by atoms with Gasteiger partial charge in [-0.3, -0.25) is 4.79 Å². The lowest BCUT2D eigenvalue weighted by atomic mass is 10.0. The van der Waals surface area contributed by atoms with Crippen LogP contribution in [0.15, 0.2) is 108 Å². The molecule has 0 radical (unpaired) electrons. The molecule has 1 fully saturated rings. The highest BCUT2D eigenvalue weighted by atomic mass is 35.5. The summed E-state index contributed by atoms with van der Waals surface area (Å²) < 4.78 is 28.0. The summed E-state index contributed by atoms with van der Waals surface area (Å²) in [5.41, 5.74) is 5.06. The third-order valence-corrected chi connectivity index (χ3v) is 9.61. The summed E-state index contributed by atoms with van der Waals surface area (Å²) in [4.78, 5) is 18.6. The average molecular weight is 582 g/mol. The molecule has 4 aromatic carbocycles. The summed E-state index contributed by atoms with van der Waals surface area (Å²) >= 11 is 6.44. The Morgan fingerprint density at radius 1 is 0.756 bits per heavy atom. The first-order valence-corrected chi connectivity index (χ1v) is 15.4. The fourth-order valence-electron chi connectivity index (χ4n) is 5.18. The van der Waals surface area contributed by atoms with Crippen LogP contribution in [0.5, 0.6) is 0 Å². The largest absolute Gasteiger partial charge is 0.321 e. The van der Waals surface area contributed by atoms with E-state index < -0.39 is 15.9 Å². The number of nitrogens with one attached hydrogen (secondary N) is 1. The van der Waals surface area contributed by atoms with Gasteiger partial charge in [-0.1, -0.05) is 90.8 Å². The van der Waals surface area contributed by atoms with Crippen LogP contribution in [0.3, 0.4) is 0 Å². The second kappa shape index (κ2) is 11.4. The number of benzene rings is 4. The van der Waals surface area contributed by atoms with Gasteiger partial charge in [0, 0.05) is 24.0 Å². The highest BCUT2D eigenvalue weighted by Gasteiger charge is 2.27. The number of nitrogens with zero attached hydrogens (tertiary/aromatic N) is 2. The molecule has 206 valence electrons. The lowest BCUT2D eigenvalue weighted by molar-refractivity contribution is 0.102. The molecule has 0 aliphatic carbocycles. The number of sulfonamides is 1. The third-order valence-electron chi connectivity index (χ3n) is 7.39. The van der Waals surface area contributed by atoms with E-state index in [1.807, 2.05) is 66.7 Å². The van der Waals surface area contributed by atoms with E-state index in [2.05, 4.69) is 17.4 Å². The predicted molar refractivity (Wildman–Crippen MR) is 165 cm³/mol. The number of hydrogen-bond donors (Lipinski definition) is 1. The van der Waals surface area contributed by atoms with Gasteiger partial charge in [-0.15, -0.1) is 0 Å². The van der Waals surface area contributed by atoms with Crippen LogP contribution in [0.2, 0.25) is 5.02 Å². The fourth-order valence-corrected chi connectivity index (χ4v) is 6.89. The molecule has 1 aromatic heterocycles. The van der Waals surface area contributed by atoms with Gasteiger partial charge < -0.3 is 5.32 Å². The molecular weight excluding hydrogens is 554 g/mol. The summed E-state index contributed by atoms with van der Waals surface area (Å²) in [6.07, 6.45) is 2.69. The molecule has 0 unspecified atom stereocenters. The second-order valence-corrected chi connectivity index (χ2v) is 12.4. The lowest BCUT2D eigenvalue weighted by Crippen LogP contribution is -2.35. The molecule has 6 nitrogen and oxygen atoms in total. The number of anilines is 1. The first-order valence-electron chi connectivity index (χ1n) is 13.6. The SMILES string of the molecule is O=C(Nc1cc(S(=O)(=O)N2CCCCC2)ccc1Cl)c1cc(-c2ccc(-c3ccccc3)cc2)nc2ccccc12. The number of piperidine rings is 1. The molecule has 2 heterocycles. The number of rotatable bonds is 6. The van der Waals surface area contributed by atoms with E-state index >= 15 is 0 Å². The van der Waals surface area contributed by atoms with E-state index in [4.69, 9.17) is 16.6 Å². The number of para-hydroxylation sites is 1. The Balaban J connectivity index is 1.34. The van der Waals surface area contributed by atoms with Crippen LogP contribution < -0.4 is 5.32 Å². The van der Waals surface area contributed by atoms with Crippen LogP contribution >= 0.6 is 11.6 Å². The topological polar surface area (TPSA) is 79.4 Å². The van der Waals surface area contributed by atoms with Crippen molar-refractivity contribution >= 4 is 44.1 Å². The molecule has 8 heteroatoms. The number of carbonyl (C=O) groups excluding carboxylic acids is 1. The quantitative estimate of drug-likeness (QED) is 0.223. The molecule has 41 heavy (non-hydrogen) atoms. The summed E-state index contributed by atoms with van der Waals surface area (Å²) in [5, 5.41) is 3.80. The zero-order valence-corrected chi connectivity index (χ0v) is 23.8. The van der Waals surface area contributed by atoms with E-state index in [0.29, 0.717) is 35.2 Å². The van der Waals surface area contributed by atoms with E-state index in [1.165, 1.54) is 22.5 Å². The molecule has 0 bridgehead atoms. The Labute approximate surface area is 244 Å². The van der Waals surface area contributed by atoms with Gasteiger partial charge >= 0.3 is 0 Å². The minimum absolute atomic E-state index is 0.109. The van der Waals surface area contributed by atoms with Crippen LogP contribution in [0, 0.1) is 0 Å². The number of pyridine rings is 1. The normalized spacial score (nSPS) is 14.2. The van der Waals surface area contributed by atoms with Gasteiger partial charge in [0.1, 0.15) is 0 Å². The number of carbonyl (C=O) groups is 1. The highest BCUT2D eigenvalue weighted by molar-refractivity contribution is 7.89. The van der Waals surface area contributed by atoms with Crippen molar-refractivity contribution in [2.45, 2.75) is 24.2 Å². The zero-order valence-electron chi connectivity index (χ0n) is 22.3. The van der Waals surface area contributed by atoms with Gasteiger partial charge in [-0.2, -0.15) is 4.31 Å². The minimum Gasteiger partial charge on any atom is -0.321 e. The smallest absolute Gasteiger partial charge is 0.256 e. The van der Waals surface area contributed by atoms with Gasteiger partial charge in [0.15, 0.2) is 0 Å². The van der Waals surface area contributed by atoms with Gasteiger partial charge in [0.05, 0.1) is 32.4 Å². The van der Waals surface area contributed by atoms with Crippen molar-refractivity contribution in [2.24, 2.45) is 0 Å². The first-order chi connectivity index (χ1) is 19.9. The maximum Gasteiger partial charge on any atom is 0.256 e. The maximum absolute atomic E-state index is 13.7. The number of aromatic nitrogens is 1. The van der Waals surface area contributed by atoms with Crippen LogP contribution in [-0.2, 0) is 10.0 Å². The average Bonchev–Trinajstić information content (AvgIpc) is 3.02. The lowest BCUT2D eigenvalue weighted by Gasteiger charge is -2.26. The van der Waals surface area contributed by atoms with Crippen LogP contribution in [0.4, 0.5) is 5.69 Å². The minimum atomic E-state index is -3.69. The van der Waals surface area contributed by atoms with E-state index in [9.17, 15) is 13.2 Å². The Morgan fingerprint density at radius 2 is 1.41 bits per heavy atom. The summed E-state index contributed by atoms with van der Waals surface area (Å²) in [6, 6.07) is 31.8. The monoisotopic (exact) mass is 581 g/mol. The maximum atomic E-state index is 13.7. The first kappa shape index (κ1) is 27.1. The number of amides is 1. The standard InChI is InChI=1S/C33H28ClN3O3S/c34-29-18-17-26(41(39,40)37-19-7-2-8-20-37)21-32(29)36-33(38)28-22-31(35-30-12-6-5-11-27(28)30)25-15-13-24(14-16-25)23-9-3-1-4-10-23/h1,3-6,9-18,21-22H,2,7-8,19-20H2,(H,36,38). The molecular formula is C33H28ClN3O3S. The Hall–Kier alpha value is -4.04. The van der Waals surface area contributed by atoms with Crippen LogP contribution in [0.25, 0.3) is 33.3 Å². The molecule has 0 spiro atoms. The predicted octanol–water partition coefficient (Wildman–Crippen LogP) is 7.65. The van der Waals surface area contributed by atoms with Crippen LogP contribution in [-0.4, -0.2) is 36.7 Å². The Kier molecular flexibility index (Phi) is 7.58. The Bertz CT molecular complexity index is 1840. The summed E-state index contributed by atoms with van der Waals surface area (Å²) in [5.74, 6) is -0.403. The van der Waals surface area contributed by atoms with Gasteiger partial charge in [0.2, 0.25) is 10.0 Å². The van der Waals surface area contributed by atoms with E-state index in [-0.39, 0.29) is 15.6 Å². The second-order valence-electron chi connectivity index (χ2n) is 10.1. The molecule has 0 saturated carbocycles.